The molecule has 0 aromatic rings. The highest BCUT2D eigenvalue weighted by molar-refractivity contribution is 6.48. The van der Waals surface area contributed by atoms with Crippen molar-refractivity contribution in [3.8, 4) is 0 Å². The van der Waals surface area contributed by atoms with Crippen molar-refractivity contribution in [1.82, 2.24) is 9.80 Å². The van der Waals surface area contributed by atoms with Gasteiger partial charge in [-0.05, 0) is 13.8 Å². The number of allylic oxidation sites excluding steroid dienone is 2. The lowest BCUT2D eigenvalue weighted by Crippen LogP contribution is -2.58. The van der Waals surface area contributed by atoms with Gasteiger partial charge in [0.25, 0.3) is 0 Å². The Balaban J connectivity index is 1.82. The zero-order valence-corrected chi connectivity index (χ0v) is 16.7. The average molecular weight is 329 g/mol. The van der Waals surface area contributed by atoms with Crippen LogP contribution in [-0.4, -0.2) is 87.2 Å². The molecule has 2 saturated heterocycles. The van der Waals surface area contributed by atoms with Crippen LogP contribution in [0.25, 0.3) is 0 Å². The van der Waals surface area contributed by atoms with E-state index < -0.39 is 0 Å². The highest BCUT2D eigenvalue weighted by Crippen LogP contribution is 2.13. The first-order valence-corrected chi connectivity index (χ1v) is 12.1. The summed E-state index contributed by atoms with van der Waals surface area (Å²) in [6.07, 6.45) is 2.31. The summed E-state index contributed by atoms with van der Waals surface area (Å²) in [6, 6.07) is 3.02. The molecular formula is C15H32N2O2Si2. The van der Waals surface area contributed by atoms with Crippen LogP contribution in [0.15, 0.2) is 11.3 Å². The van der Waals surface area contributed by atoms with Crippen LogP contribution in [0.4, 0.5) is 0 Å². The van der Waals surface area contributed by atoms with Crippen LogP contribution >= 0.6 is 0 Å². The summed E-state index contributed by atoms with van der Waals surface area (Å²) in [5.74, 6) is 0.748. The topological polar surface area (TPSA) is 24.9 Å². The Bertz CT molecular complexity index is 299. The van der Waals surface area contributed by atoms with E-state index in [1.165, 1.54) is 12.1 Å². The summed E-state index contributed by atoms with van der Waals surface area (Å²) in [5.41, 5.74) is 0. The third kappa shape index (κ3) is 5.96. The molecule has 0 amide bonds. The first kappa shape index (κ1) is 17.4. The number of hydrogen-bond donors (Lipinski definition) is 0. The summed E-state index contributed by atoms with van der Waals surface area (Å²) < 4.78 is 11.1. The third-order valence-corrected chi connectivity index (χ3v) is 10.2. The minimum atomic E-state index is -0.0668. The largest absolute Gasteiger partial charge is 0.379 e. The van der Waals surface area contributed by atoms with Crippen LogP contribution in [0.5, 0.6) is 0 Å². The maximum Gasteiger partial charge on any atom is 0.0594 e. The lowest BCUT2D eigenvalue weighted by molar-refractivity contribution is -0.0391. The SMILES string of the molecule is CC=C(C)[SiH2]CC[SiH2]C(N1CCOCC1)N1CCOCC1. The van der Waals surface area contributed by atoms with E-state index in [0.29, 0.717) is 0 Å². The third-order valence-electron chi connectivity index (χ3n) is 4.71. The van der Waals surface area contributed by atoms with E-state index in [1.54, 1.807) is 5.20 Å². The molecule has 0 radical (unpaired) electrons. The molecule has 6 heteroatoms. The Morgan fingerprint density at radius 3 is 2.00 bits per heavy atom. The Labute approximate surface area is 134 Å². The van der Waals surface area contributed by atoms with Crippen molar-refractivity contribution >= 4 is 19.0 Å². The first-order chi connectivity index (χ1) is 10.3. The molecule has 122 valence electrons. The molecule has 0 unspecified atom stereocenters. The summed E-state index contributed by atoms with van der Waals surface area (Å²) in [6.45, 7) is 12.7. The maximum atomic E-state index is 5.54. The summed E-state index contributed by atoms with van der Waals surface area (Å²) in [7, 11) is -0.0214. The molecule has 2 heterocycles. The van der Waals surface area contributed by atoms with Crippen LogP contribution < -0.4 is 0 Å². The first-order valence-electron chi connectivity index (χ1n) is 8.56. The van der Waals surface area contributed by atoms with Gasteiger partial charge < -0.3 is 9.47 Å². The van der Waals surface area contributed by atoms with Crippen molar-refractivity contribution in [2.45, 2.75) is 31.7 Å². The zero-order chi connectivity index (χ0) is 14.9. The van der Waals surface area contributed by atoms with Gasteiger partial charge >= 0.3 is 0 Å². The summed E-state index contributed by atoms with van der Waals surface area (Å²) in [4.78, 5) is 5.40. The highest BCUT2D eigenvalue weighted by atomic mass is 28.2. The summed E-state index contributed by atoms with van der Waals surface area (Å²) in [5, 5.41) is 1.68. The molecule has 0 saturated carbocycles. The second-order valence-corrected chi connectivity index (χ2v) is 10.5. The lowest BCUT2D eigenvalue weighted by Gasteiger charge is -2.43. The molecule has 2 aliphatic rings. The highest BCUT2D eigenvalue weighted by Gasteiger charge is 2.27. The second-order valence-electron chi connectivity index (χ2n) is 6.16. The van der Waals surface area contributed by atoms with Crippen LogP contribution in [0.3, 0.4) is 0 Å². The smallest absolute Gasteiger partial charge is 0.0594 e. The van der Waals surface area contributed by atoms with Gasteiger partial charge in [-0.2, -0.15) is 0 Å². The van der Waals surface area contributed by atoms with E-state index in [1.807, 2.05) is 0 Å². The van der Waals surface area contributed by atoms with Crippen molar-refractivity contribution in [3.63, 3.8) is 0 Å². The maximum absolute atomic E-state index is 5.54. The van der Waals surface area contributed by atoms with Gasteiger partial charge in [-0.25, -0.2) is 0 Å². The van der Waals surface area contributed by atoms with E-state index in [0.717, 1.165) is 58.4 Å². The van der Waals surface area contributed by atoms with Gasteiger partial charge in [0.05, 0.1) is 35.9 Å². The Hall–Kier alpha value is 0.0138. The number of hydrogen-bond acceptors (Lipinski definition) is 4. The van der Waals surface area contributed by atoms with Crippen molar-refractivity contribution < 1.29 is 9.47 Å². The van der Waals surface area contributed by atoms with Gasteiger partial charge in [0.15, 0.2) is 0 Å². The summed E-state index contributed by atoms with van der Waals surface area (Å²) >= 11 is 0. The molecule has 0 N–H and O–H groups in total. The fourth-order valence-electron chi connectivity index (χ4n) is 3.22. The average Bonchev–Trinajstić information content (AvgIpc) is 2.56. The van der Waals surface area contributed by atoms with Crippen LogP contribution in [0.2, 0.25) is 12.1 Å². The molecule has 0 aliphatic carbocycles. The van der Waals surface area contributed by atoms with E-state index in [2.05, 4.69) is 29.7 Å². The minimum absolute atomic E-state index is 0.0454. The number of ether oxygens (including phenoxy) is 2. The van der Waals surface area contributed by atoms with Crippen LogP contribution in [0, 0.1) is 0 Å². The number of rotatable bonds is 7. The molecule has 2 fully saturated rings. The van der Waals surface area contributed by atoms with E-state index in [9.17, 15) is 0 Å². The van der Waals surface area contributed by atoms with Crippen LogP contribution in [-0.2, 0) is 9.47 Å². The second kappa shape index (κ2) is 9.92. The van der Waals surface area contributed by atoms with Gasteiger partial charge in [-0.15, -0.1) is 0 Å². The molecule has 21 heavy (non-hydrogen) atoms. The predicted molar refractivity (Wildman–Crippen MR) is 94.7 cm³/mol. The van der Waals surface area contributed by atoms with Crippen molar-refractivity contribution in [3.05, 3.63) is 11.3 Å². The van der Waals surface area contributed by atoms with Gasteiger partial charge in [0, 0.05) is 41.5 Å². The molecule has 0 bridgehead atoms. The van der Waals surface area contributed by atoms with Crippen molar-refractivity contribution in [1.29, 1.82) is 0 Å². The molecule has 2 rings (SSSR count). The molecule has 0 aromatic carbocycles. The quantitative estimate of drug-likeness (QED) is 0.486. The molecular weight excluding hydrogens is 296 g/mol. The van der Waals surface area contributed by atoms with Gasteiger partial charge in [-0.3, -0.25) is 9.80 Å². The van der Waals surface area contributed by atoms with Gasteiger partial charge in [0.1, 0.15) is 0 Å². The Morgan fingerprint density at radius 1 is 1.00 bits per heavy atom. The molecule has 0 spiro atoms. The molecule has 2 aliphatic heterocycles. The molecule has 0 atom stereocenters. The fraction of sp³-hybridized carbons (Fsp3) is 0.867. The van der Waals surface area contributed by atoms with Gasteiger partial charge in [0.2, 0.25) is 0 Å². The van der Waals surface area contributed by atoms with Gasteiger partial charge in [-0.1, -0.05) is 23.4 Å². The zero-order valence-electron chi connectivity index (χ0n) is 13.9. The number of nitrogens with zero attached hydrogens (tertiary/aromatic N) is 2. The van der Waals surface area contributed by atoms with Crippen LogP contribution in [0.1, 0.15) is 13.8 Å². The van der Waals surface area contributed by atoms with E-state index in [-0.39, 0.29) is 19.0 Å². The van der Waals surface area contributed by atoms with Crippen molar-refractivity contribution in [2.75, 3.05) is 52.6 Å². The van der Waals surface area contributed by atoms with Crippen molar-refractivity contribution in [2.24, 2.45) is 0 Å². The molecule has 4 nitrogen and oxygen atoms in total. The fourth-order valence-corrected chi connectivity index (χ4v) is 8.05. The lowest BCUT2D eigenvalue weighted by atomic mass is 10.4. The minimum Gasteiger partial charge on any atom is -0.379 e. The standard InChI is InChI=1S/C15H32N2O2Si2/c1-3-14(2)20-12-13-21-15(16-4-8-18-9-5-16)17-6-10-19-11-7-17/h3,15H,4-13,20-21H2,1-2H3. The molecule has 0 aromatic heterocycles. The van der Waals surface area contributed by atoms with E-state index >= 15 is 0 Å². The van der Waals surface area contributed by atoms with E-state index in [4.69, 9.17) is 9.47 Å². The normalized spacial score (nSPS) is 24.0. The Kier molecular flexibility index (Phi) is 8.20. The monoisotopic (exact) mass is 328 g/mol. The Morgan fingerprint density at radius 2 is 1.52 bits per heavy atom. The number of morpholine rings is 2. The predicted octanol–water partition coefficient (Wildman–Crippen LogP) is 0.0323.